The van der Waals surface area contributed by atoms with Gasteiger partial charge >= 0.3 is 6.09 Å². The van der Waals surface area contributed by atoms with Crippen LogP contribution in [0.15, 0.2) is 0 Å². The fraction of sp³-hybridized carbons (Fsp3) is 0.882. The molecule has 1 heterocycles. The number of alkyl halides is 1. The molecule has 0 spiro atoms. The average Bonchev–Trinajstić information content (AvgIpc) is 2.79. The van der Waals surface area contributed by atoms with Crippen LogP contribution in [0.5, 0.6) is 0 Å². The van der Waals surface area contributed by atoms with Gasteiger partial charge in [-0.1, -0.05) is 0 Å². The molecule has 1 atom stereocenters. The first-order valence-corrected chi connectivity index (χ1v) is 8.61. The first-order valence-electron chi connectivity index (χ1n) is 8.61. The number of rotatable bonds is 7. The third kappa shape index (κ3) is 9.05. The minimum absolute atomic E-state index is 0.0559. The Balaban J connectivity index is 2.22. The van der Waals surface area contributed by atoms with E-state index in [1.165, 1.54) is 0 Å². The van der Waals surface area contributed by atoms with Crippen molar-refractivity contribution in [3.05, 3.63) is 0 Å². The molecule has 1 fully saturated rings. The van der Waals surface area contributed by atoms with Crippen LogP contribution in [0, 0.1) is 0 Å². The van der Waals surface area contributed by atoms with E-state index >= 15 is 0 Å². The summed E-state index contributed by atoms with van der Waals surface area (Å²) in [6, 6.07) is 0. The van der Waals surface area contributed by atoms with Crippen molar-refractivity contribution in [2.24, 2.45) is 0 Å². The van der Waals surface area contributed by atoms with Crippen molar-refractivity contribution in [2.75, 3.05) is 26.2 Å². The topological polar surface area (TPSA) is 70.7 Å². The van der Waals surface area contributed by atoms with Crippen LogP contribution in [0.3, 0.4) is 0 Å². The number of nitrogens with zero attached hydrogens (tertiary/aromatic N) is 1. The van der Waals surface area contributed by atoms with E-state index in [1.807, 2.05) is 39.5 Å². The normalized spacial score (nSPS) is 19.2. The molecule has 7 heteroatoms. The summed E-state index contributed by atoms with van der Waals surface area (Å²) in [7, 11) is 0. The highest BCUT2D eigenvalue weighted by Crippen LogP contribution is 2.13. The van der Waals surface area contributed by atoms with Crippen LogP contribution in [0.4, 0.5) is 9.18 Å². The smallest absolute Gasteiger partial charge is 0.407 e. The fourth-order valence-electron chi connectivity index (χ4n) is 2.54. The molecule has 24 heavy (non-hydrogen) atoms. The predicted octanol–water partition coefficient (Wildman–Crippen LogP) is 2.23. The fourth-order valence-corrected chi connectivity index (χ4v) is 2.54. The van der Waals surface area contributed by atoms with Gasteiger partial charge in [-0.05, 0) is 47.5 Å². The predicted molar refractivity (Wildman–Crippen MR) is 91.6 cm³/mol. The number of carbonyl (C=O) groups is 2. The summed E-state index contributed by atoms with van der Waals surface area (Å²) in [5.41, 5.74) is -0.957. The number of amides is 2. The second kappa shape index (κ2) is 8.65. The number of alkyl carbamates (subject to hydrolysis) is 1. The number of hydrogen-bond donors (Lipinski definition) is 2. The molecule has 0 saturated carbocycles. The molecule has 0 radical (unpaired) electrons. The largest absolute Gasteiger partial charge is 0.444 e. The molecule has 0 aliphatic carbocycles. The molecule has 6 nitrogen and oxygen atoms in total. The lowest BCUT2D eigenvalue weighted by Gasteiger charge is -2.27. The Hall–Kier alpha value is -1.37. The van der Waals surface area contributed by atoms with Gasteiger partial charge in [-0.2, -0.15) is 0 Å². The summed E-state index contributed by atoms with van der Waals surface area (Å²) in [6.45, 7) is 11.4. The van der Waals surface area contributed by atoms with E-state index in [0.29, 0.717) is 38.9 Å². The first-order chi connectivity index (χ1) is 11.0. The lowest BCUT2D eigenvalue weighted by molar-refractivity contribution is -0.123. The number of carbonyl (C=O) groups excluding carboxylic acids is 2. The molecule has 1 aliphatic heterocycles. The van der Waals surface area contributed by atoms with Gasteiger partial charge in [0, 0.05) is 38.1 Å². The average molecular weight is 345 g/mol. The van der Waals surface area contributed by atoms with Crippen molar-refractivity contribution >= 4 is 12.0 Å². The highest BCUT2D eigenvalue weighted by molar-refractivity contribution is 5.76. The Morgan fingerprint density at radius 2 is 1.92 bits per heavy atom. The third-order valence-electron chi connectivity index (χ3n) is 3.77. The van der Waals surface area contributed by atoms with Crippen LogP contribution in [-0.4, -0.2) is 60.4 Å². The molecular weight excluding hydrogens is 313 g/mol. The van der Waals surface area contributed by atoms with Crippen molar-refractivity contribution in [3.63, 3.8) is 0 Å². The van der Waals surface area contributed by atoms with Gasteiger partial charge in [0.1, 0.15) is 11.8 Å². The van der Waals surface area contributed by atoms with Crippen LogP contribution in [0.2, 0.25) is 0 Å². The van der Waals surface area contributed by atoms with Crippen molar-refractivity contribution in [2.45, 2.75) is 71.2 Å². The molecule has 0 bridgehead atoms. The van der Waals surface area contributed by atoms with Gasteiger partial charge in [0.05, 0.1) is 0 Å². The zero-order valence-corrected chi connectivity index (χ0v) is 15.6. The van der Waals surface area contributed by atoms with Crippen molar-refractivity contribution < 1.29 is 18.7 Å². The van der Waals surface area contributed by atoms with Crippen LogP contribution in [0.1, 0.15) is 53.9 Å². The Morgan fingerprint density at radius 1 is 1.25 bits per heavy atom. The van der Waals surface area contributed by atoms with E-state index in [2.05, 4.69) is 10.6 Å². The number of halogens is 1. The van der Waals surface area contributed by atoms with Crippen molar-refractivity contribution in [3.8, 4) is 0 Å². The number of ether oxygens (including phenoxy) is 1. The van der Waals surface area contributed by atoms with E-state index in [0.717, 1.165) is 6.54 Å². The first kappa shape index (κ1) is 20.7. The molecule has 1 rings (SSSR count). The quantitative estimate of drug-likeness (QED) is 0.742. The monoisotopic (exact) mass is 345 g/mol. The van der Waals surface area contributed by atoms with Gasteiger partial charge in [-0.3, -0.25) is 9.69 Å². The molecule has 140 valence electrons. The minimum atomic E-state index is -0.761. The zero-order valence-electron chi connectivity index (χ0n) is 15.6. The highest BCUT2D eigenvalue weighted by Gasteiger charge is 2.24. The van der Waals surface area contributed by atoms with Crippen LogP contribution in [-0.2, 0) is 9.53 Å². The molecule has 0 aromatic carbocycles. The van der Waals surface area contributed by atoms with E-state index < -0.39 is 23.4 Å². The van der Waals surface area contributed by atoms with Gasteiger partial charge < -0.3 is 15.4 Å². The molecule has 2 amide bonds. The second-order valence-corrected chi connectivity index (χ2v) is 8.05. The van der Waals surface area contributed by atoms with Crippen molar-refractivity contribution in [1.29, 1.82) is 0 Å². The summed E-state index contributed by atoms with van der Waals surface area (Å²) in [6.07, 6.45) is 0.288. The van der Waals surface area contributed by atoms with E-state index in [1.54, 1.807) is 0 Å². The Labute approximate surface area is 144 Å². The summed E-state index contributed by atoms with van der Waals surface area (Å²) in [5, 5.41) is 5.65. The summed E-state index contributed by atoms with van der Waals surface area (Å²) >= 11 is 0. The lowest BCUT2D eigenvalue weighted by atomic mass is 10.0. The van der Waals surface area contributed by atoms with Crippen molar-refractivity contribution in [1.82, 2.24) is 15.5 Å². The summed E-state index contributed by atoms with van der Waals surface area (Å²) in [5.74, 6) is -0.0559. The number of likely N-dealkylation sites (tertiary alicyclic amines) is 1. The van der Waals surface area contributed by atoms with E-state index in [4.69, 9.17) is 4.74 Å². The Morgan fingerprint density at radius 3 is 2.46 bits per heavy atom. The maximum absolute atomic E-state index is 13.1. The molecular formula is C17H32FN3O3. The minimum Gasteiger partial charge on any atom is -0.444 e. The van der Waals surface area contributed by atoms with Crippen LogP contribution < -0.4 is 10.6 Å². The van der Waals surface area contributed by atoms with Crippen LogP contribution >= 0.6 is 0 Å². The maximum Gasteiger partial charge on any atom is 0.407 e. The van der Waals surface area contributed by atoms with Gasteiger partial charge in [0.2, 0.25) is 5.91 Å². The maximum atomic E-state index is 13.1. The summed E-state index contributed by atoms with van der Waals surface area (Å²) < 4.78 is 18.3. The molecule has 0 aromatic heterocycles. The molecule has 1 aliphatic rings. The second-order valence-electron chi connectivity index (χ2n) is 8.05. The van der Waals surface area contributed by atoms with Gasteiger partial charge in [0.25, 0.3) is 0 Å². The van der Waals surface area contributed by atoms with Gasteiger partial charge in [-0.15, -0.1) is 0 Å². The standard InChI is InChI=1S/C17H32FN3O3/c1-16(2,3)24-15(23)19-9-8-17(4,5)20-14(22)7-11-21-10-6-13(18)12-21/h13H,6-12H2,1-5H3,(H,19,23)(H,20,22). The van der Waals surface area contributed by atoms with Gasteiger partial charge in [0.15, 0.2) is 0 Å². The molecule has 2 N–H and O–H groups in total. The van der Waals surface area contributed by atoms with E-state index in [-0.39, 0.29) is 5.91 Å². The SMILES string of the molecule is CC(C)(CCNC(=O)OC(C)(C)C)NC(=O)CCN1CCC(F)C1. The molecule has 0 aromatic rings. The number of hydrogen-bond acceptors (Lipinski definition) is 4. The van der Waals surface area contributed by atoms with Gasteiger partial charge in [-0.25, -0.2) is 9.18 Å². The Kier molecular flexibility index (Phi) is 7.45. The highest BCUT2D eigenvalue weighted by atomic mass is 19.1. The third-order valence-corrected chi connectivity index (χ3v) is 3.77. The number of nitrogens with one attached hydrogen (secondary N) is 2. The van der Waals surface area contributed by atoms with E-state index in [9.17, 15) is 14.0 Å². The lowest BCUT2D eigenvalue weighted by Crippen LogP contribution is -2.46. The Bertz CT molecular complexity index is 435. The molecule has 1 unspecified atom stereocenters. The summed E-state index contributed by atoms with van der Waals surface area (Å²) in [4.78, 5) is 25.6. The molecule has 1 saturated heterocycles. The zero-order chi connectivity index (χ0) is 18.4. The van der Waals surface area contributed by atoms with Crippen LogP contribution in [0.25, 0.3) is 0 Å².